The molecule has 0 unspecified atom stereocenters. The van der Waals surface area contributed by atoms with Gasteiger partial charge in [0.05, 0.1) is 12.4 Å². The second-order valence-electron chi connectivity index (χ2n) is 9.53. The first-order chi connectivity index (χ1) is 14.7. The fourth-order valence-electron chi connectivity index (χ4n) is 5.52. The normalized spacial score (nSPS) is 26.3. The zero-order valence-corrected chi connectivity index (χ0v) is 17.8. The molecule has 2 heterocycles. The van der Waals surface area contributed by atoms with Crippen LogP contribution in [0, 0.1) is 0 Å². The van der Waals surface area contributed by atoms with Gasteiger partial charge in [0.1, 0.15) is 0 Å². The first kappa shape index (κ1) is 20.0. The number of aromatic nitrogens is 4. The number of hydrogen-bond donors (Lipinski definition) is 3. The van der Waals surface area contributed by atoms with Crippen molar-refractivity contribution in [2.24, 2.45) is 5.73 Å². The molecule has 8 heteroatoms. The van der Waals surface area contributed by atoms with E-state index < -0.39 is 0 Å². The van der Waals surface area contributed by atoms with Gasteiger partial charge in [-0.05, 0) is 51.4 Å². The number of hydroxylamine groups is 1. The Hall–Kier alpha value is -1.93. The number of hydrogen-bond acceptors (Lipinski definition) is 7. The average Bonchev–Trinajstić information content (AvgIpc) is 3.45. The Bertz CT molecular complexity index is 849. The van der Waals surface area contributed by atoms with Gasteiger partial charge in [-0.15, -0.1) is 0 Å². The van der Waals surface area contributed by atoms with Crippen LogP contribution in [0.25, 0.3) is 11.2 Å². The van der Waals surface area contributed by atoms with Gasteiger partial charge in [0, 0.05) is 18.1 Å². The summed E-state index contributed by atoms with van der Waals surface area (Å²) >= 11 is 0. The number of fused-ring (bicyclic) bond motifs is 1. The minimum absolute atomic E-state index is 0.106. The number of rotatable bonds is 5. The van der Waals surface area contributed by atoms with Crippen molar-refractivity contribution in [3.8, 4) is 0 Å². The third-order valence-electron chi connectivity index (χ3n) is 7.36. The Labute approximate surface area is 178 Å². The van der Waals surface area contributed by atoms with Crippen LogP contribution in [0.4, 0.5) is 11.8 Å². The molecule has 8 nitrogen and oxygen atoms in total. The molecule has 0 radical (unpaired) electrons. The van der Waals surface area contributed by atoms with Crippen LogP contribution in [0.15, 0.2) is 6.33 Å². The Morgan fingerprint density at radius 2 is 1.63 bits per heavy atom. The molecule has 3 aliphatic carbocycles. The molecule has 30 heavy (non-hydrogen) atoms. The van der Waals surface area contributed by atoms with Gasteiger partial charge in [-0.2, -0.15) is 9.97 Å². The molecular weight excluding hydrogens is 378 g/mol. The summed E-state index contributed by atoms with van der Waals surface area (Å²) in [7, 11) is 0. The van der Waals surface area contributed by atoms with Crippen molar-refractivity contribution in [2.75, 3.05) is 10.4 Å². The standard InChI is InChI=1S/C22H35N7O/c23-15-10-12-16(13-11-15)25-22-26-20-19(24-14-28(20)17-6-4-5-7-17)21(27-22)29(30)18-8-2-1-3-9-18/h14-18,30H,1-13,23H2,(H,25,26,27). The van der Waals surface area contributed by atoms with Crippen LogP contribution in [0.2, 0.25) is 0 Å². The summed E-state index contributed by atoms with van der Waals surface area (Å²) < 4.78 is 2.21. The third kappa shape index (κ3) is 3.99. The van der Waals surface area contributed by atoms with Crippen molar-refractivity contribution in [3.63, 3.8) is 0 Å². The molecule has 2 aromatic heterocycles. The molecule has 3 saturated carbocycles. The minimum Gasteiger partial charge on any atom is -0.351 e. The van der Waals surface area contributed by atoms with Crippen LogP contribution in [0.5, 0.6) is 0 Å². The maximum Gasteiger partial charge on any atom is 0.227 e. The van der Waals surface area contributed by atoms with Crippen LogP contribution < -0.4 is 16.1 Å². The van der Waals surface area contributed by atoms with Gasteiger partial charge in [0.15, 0.2) is 17.0 Å². The molecule has 0 atom stereocenters. The van der Waals surface area contributed by atoms with Gasteiger partial charge < -0.3 is 15.6 Å². The van der Waals surface area contributed by atoms with Gasteiger partial charge in [-0.25, -0.2) is 10.0 Å². The number of anilines is 2. The van der Waals surface area contributed by atoms with E-state index in [9.17, 15) is 5.21 Å². The van der Waals surface area contributed by atoms with E-state index in [4.69, 9.17) is 15.7 Å². The first-order valence-corrected chi connectivity index (χ1v) is 11.9. The molecule has 0 spiro atoms. The monoisotopic (exact) mass is 413 g/mol. The van der Waals surface area contributed by atoms with Gasteiger partial charge in [0.25, 0.3) is 0 Å². The molecule has 0 saturated heterocycles. The lowest BCUT2D eigenvalue weighted by atomic mass is 9.92. The Balaban J connectivity index is 1.49. The summed E-state index contributed by atoms with van der Waals surface area (Å²) in [6.45, 7) is 0. The molecule has 4 N–H and O–H groups in total. The van der Waals surface area contributed by atoms with Crippen molar-refractivity contribution < 1.29 is 5.21 Å². The summed E-state index contributed by atoms with van der Waals surface area (Å²) in [5.74, 6) is 1.16. The minimum atomic E-state index is 0.106. The van der Waals surface area contributed by atoms with Gasteiger partial charge >= 0.3 is 0 Å². The second-order valence-corrected chi connectivity index (χ2v) is 9.53. The summed E-state index contributed by atoms with van der Waals surface area (Å²) in [5, 5.41) is 16.1. The van der Waals surface area contributed by atoms with Crippen molar-refractivity contribution >= 4 is 22.9 Å². The number of nitrogens with one attached hydrogen (secondary N) is 1. The van der Waals surface area contributed by atoms with E-state index >= 15 is 0 Å². The lowest BCUT2D eigenvalue weighted by molar-refractivity contribution is 0.188. The molecule has 3 fully saturated rings. The molecule has 0 amide bonds. The second kappa shape index (κ2) is 8.67. The van der Waals surface area contributed by atoms with Crippen molar-refractivity contribution in [3.05, 3.63) is 6.33 Å². The van der Waals surface area contributed by atoms with Gasteiger partial charge in [0.2, 0.25) is 5.95 Å². The smallest absolute Gasteiger partial charge is 0.227 e. The van der Waals surface area contributed by atoms with E-state index in [1.165, 1.54) is 37.2 Å². The highest BCUT2D eigenvalue weighted by Crippen LogP contribution is 2.35. The maximum absolute atomic E-state index is 11.1. The largest absolute Gasteiger partial charge is 0.351 e. The van der Waals surface area contributed by atoms with Crippen molar-refractivity contribution in [1.82, 2.24) is 19.5 Å². The predicted octanol–water partition coefficient (Wildman–Crippen LogP) is 4.15. The quantitative estimate of drug-likeness (QED) is 0.632. The SMILES string of the molecule is NC1CCC(Nc2nc(N(O)C3CCCCC3)c3ncn(C4CCCC4)c3n2)CC1. The van der Waals surface area contributed by atoms with E-state index in [-0.39, 0.29) is 6.04 Å². The molecule has 164 valence electrons. The molecule has 0 bridgehead atoms. The van der Waals surface area contributed by atoms with Gasteiger partial charge in [-0.3, -0.25) is 5.21 Å². The fourth-order valence-corrected chi connectivity index (χ4v) is 5.52. The first-order valence-electron chi connectivity index (χ1n) is 11.9. The zero-order chi connectivity index (χ0) is 20.5. The van der Waals surface area contributed by atoms with Crippen LogP contribution in [-0.4, -0.2) is 42.9 Å². The number of imidazole rings is 1. The average molecular weight is 414 g/mol. The topological polar surface area (TPSA) is 105 Å². The lowest BCUT2D eigenvalue weighted by Crippen LogP contribution is -2.35. The van der Waals surface area contributed by atoms with Crippen molar-refractivity contribution in [2.45, 2.75) is 108 Å². The van der Waals surface area contributed by atoms with Gasteiger partial charge in [-0.1, -0.05) is 32.1 Å². The maximum atomic E-state index is 11.1. The van der Waals surface area contributed by atoms with E-state index in [0.29, 0.717) is 35.4 Å². The predicted molar refractivity (Wildman–Crippen MR) is 118 cm³/mol. The molecular formula is C22H35N7O. The summed E-state index contributed by atoms with van der Waals surface area (Å²) in [6.07, 6.45) is 16.4. The Kier molecular flexibility index (Phi) is 5.78. The van der Waals surface area contributed by atoms with E-state index in [2.05, 4.69) is 14.9 Å². The lowest BCUT2D eigenvalue weighted by Gasteiger charge is -2.30. The fraction of sp³-hybridized carbons (Fsp3) is 0.773. The molecule has 5 rings (SSSR count). The molecule has 0 aromatic carbocycles. The Morgan fingerprint density at radius 1 is 0.933 bits per heavy atom. The Morgan fingerprint density at radius 3 is 2.37 bits per heavy atom. The summed E-state index contributed by atoms with van der Waals surface area (Å²) in [5.41, 5.74) is 7.63. The summed E-state index contributed by atoms with van der Waals surface area (Å²) in [4.78, 5) is 14.3. The number of nitrogens with zero attached hydrogens (tertiary/aromatic N) is 5. The van der Waals surface area contributed by atoms with E-state index in [0.717, 1.165) is 57.0 Å². The molecule has 3 aliphatic rings. The third-order valence-corrected chi connectivity index (χ3v) is 7.36. The van der Waals surface area contributed by atoms with Crippen LogP contribution in [-0.2, 0) is 0 Å². The highest BCUT2D eigenvalue weighted by Gasteiger charge is 2.28. The van der Waals surface area contributed by atoms with Crippen LogP contribution in [0.1, 0.15) is 89.5 Å². The zero-order valence-electron chi connectivity index (χ0n) is 17.8. The van der Waals surface area contributed by atoms with Crippen LogP contribution in [0.3, 0.4) is 0 Å². The molecule has 2 aromatic rings. The van der Waals surface area contributed by atoms with Crippen molar-refractivity contribution in [1.29, 1.82) is 0 Å². The van der Waals surface area contributed by atoms with E-state index in [1.54, 1.807) is 0 Å². The summed E-state index contributed by atoms with van der Waals surface area (Å²) in [6, 6.07) is 1.19. The van der Waals surface area contributed by atoms with Crippen LogP contribution >= 0.6 is 0 Å². The highest BCUT2D eigenvalue weighted by molar-refractivity contribution is 5.84. The highest BCUT2D eigenvalue weighted by atomic mass is 16.5. The van der Waals surface area contributed by atoms with E-state index in [1.807, 2.05) is 6.33 Å². The number of nitrogens with two attached hydrogens (primary N) is 1. The molecule has 0 aliphatic heterocycles.